The predicted molar refractivity (Wildman–Crippen MR) is 85.2 cm³/mol. The number of nitrogens with one attached hydrogen (secondary N) is 1. The van der Waals surface area contributed by atoms with E-state index < -0.39 is 0 Å². The van der Waals surface area contributed by atoms with Gasteiger partial charge in [0.2, 0.25) is 0 Å². The molecule has 0 aliphatic rings. The number of nitrogens with zero attached hydrogens (tertiary/aromatic N) is 3. The van der Waals surface area contributed by atoms with Gasteiger partial charge in [0.25, 0.3) is 0 Å². The van der Waals surface area contributed by atoms with Gasteiger partial charge in [-0.15, -0.1) is 0 Å². The fourth-order valence-corrected chi connectivity index (χ4v) is 2.61. The highest BCUT2D eigenvalue weighted by molar-refractivity contribution is 5.79. The normalized spacial score (nSPS) is 12.7. The highest BCUT2D eigenvalue weighted by Crippen LogP contribution is 2.24. The lowest BCUT2D eigenvalue weighted by molar-refractivity contribution is 0.626. The molecular weight excluding hydrogens is 260 g/mol. The van der Waals surface area contributed by atoms with Crippen molar-refractivity contribution < 1.29 is 0 Å². The minimum absolute atomic E-state index is 0.167. The van der Waals surface area contributed by atoms with Crippen molar-refractivity contribution in [3.8, 4) is 0 Å². The van der Waals surface area contributed by atoms with Crippen LogP contribution in [0.5, 0.6) is 0 Å². The Bertz CT molecular complexity index is 732. The Morgan fingerprint density at radius 3 is 2.86 bits per heavy atom. The van der Waals surface area contributed by atoms with E-state index in [0.29, 0.717) is 0 Å². The number of hydrogen-bond donors (Lipinski definition) is 1. The van der Waals surface area contributed by atoms with Crippen LogP contribution in [0.1, 0.15) is 31.0 Å². The van der Waals surface area contributed by atoms with Crippen LogP contribution < -0.4 is 5.32 Å². The molecule has 0 aliphatic carbocycles. The monoisotopic (exact) mass is 280 g/mol. The lowest BCUT2D eigenvalue weighted by atomic mass is 9.99. The molecule has 0 saturated carbocycles. The third kappa shape index (κ3) is 2.81. The number of pyridine rings is 1. The standard InChI is InChI=1S/C17H20N4/c1-3-18-17(15-11-20-21(4-2)12-15)14-7-8-16-13(10-14)6-5-9-19-16/h5-12,17-18H,3-4H2,1-2H3. The van der Waals surface area contributed by atoms with Crippen LogP contribution >= 0.6 is 0 Å². The molecule has 0 amide bonds. The van der Waals surface area contributed by atoms with Gasteiger partial charge in [0.05, 0.1) is 17.8 Å². The zero-order chi connectivity index (χ0) is 14.7. The third-order valence-corrected chi connectivity index (χ3v) is 3.68. The molecule has 0 saturated heterocycles. The largest absolute Gasteiger partial charge is 0.306 e. The van der Waals surface area contributed by atoms with Crippen molar-refractivity contribution >= 4 is 10.9 Å². The molecule has 4 heteroatoms. The zero-order valence-corrected chi connectivity index (χ0v) is 12.5. The van der Waals surface area contributed by atoms with E-state index in [1.165, 1.54) is 16.5 Å². The van der Waals surface area contributed by atoms with Gasteiger partial charge in [-0.2, -0.15) is 5.10 Å². The van der Waals surface area contributed by atoms with Crippen LogP contribution in [-0.2, 0) is 6.54 Å². The van der Waals surface area contributed by atoms with E-state index in [-0.39, 0.29) is 6.04 Å². The van der Waals surface area contributed by atoms with Crippen LogP contribution in [0.15, 0.2) is 48.9 Å². The van der Waals surface area contributed by atoms with Gasteiger partial charge in [-0.05, 0) is 37.2 Å². The Morgan fingerprint density at radius 2 is 2.10 bits per heavy atom. The first kappa shape index (κ1) is 13.8. The number of benzene rings is 1. The van der Waals surface area contributed by atoms with E-state index in [9.17, 15) is 0 Å². The van der Waals surface area contributed by atoms with Gasteiger partial charge in [-0.3, -0.25) is 9.67 Å². The summed E-state index contributed by atoms with van der Waals surface area (Å²) in [6.07, 6.45) is 5.89. The van der Waals surface area contributed by atoms with E-state index >= 15 is 0 Å². The maximum Gasteiger partial charge on any atom is 0.0702 e. The van der Waals surface area contributed by atoms with E-state index in [1.54, 1.807) is 0 Å². The van der Waals surface area contributed by atoms with Crippen molar-refractivity contribution in [3.63, 3.8) is 0 Å². The summed E-state index contributed by atoms with van der Waals surface area (Å²) in [6.45, 7) is 6.02. The molecule has 3 rings (SSSR count). The highest BCUT2D eigenvalue weighted by Gasteiger charge is 2.15. The maximum atomic E-state index is 4.39. The summed E-state index contributed by atoms with van der Waals surface area (Å²) < 4.78 is 1.96. The van der Waals surface area contributed by atoms with Crippen LogP contribution in [-0.4, -0.2) is 21.3 Å². The second-order valence-corrected chi connectivity index (χ2v) is 5.08. The molecule has 0 spiro atoms. The number of hydrogen-bond acceptors (Lipinski definition) is 3. The molecule has 0 fully saturated rings. The molecular formula is C17H20N4. The van der Waals surface area contributed by atoms with Gasteiger partial charge in [0.15, 0.2) is 0 Å². The first-order valence-electron chi connectivity index (χ1n) is 7.42. The summed E-state index contributed by atoms with van der Waals surface area (Å²) >= 11 is 0. The molecule has 2 heterocycles. The van der Waals surface area contributed by atoms with Gasteiger partial charge in [-0.1, -0.05) is 19.1 Å². The average Bonchev–Trinajstić information content (AvgIpc) is 3.01. The second-order valence-electron chi connectivity index (χ2n) is 5.08. The fraction of sp³-hybridized carbons (Fsp3) is 0.294. The first-order valence-corrected chi connectivity index (χ1v) is 7.42. The number of rotatable bonds is 5. The van der Waals surface area contributed by atoms with E-state index in [1.807, 2.05) is 23.1 Å². The Morgan fingerprint density at radius 1 is 1.19 bits per heavy atom. The summed E-state index contributed by atoms with van der Waals surface area (Å²) in [5.74, 6) is 0. The Balaban J connectivity index is 2.01. The molecule has 2 aromatic heterocycles. The SMILES string of the molecule is CCNC(c1ccc2ncccc2c1)c1cnn(CC)c1. The molecule has 21 heavy (non-hydrogen) atoms. The molecule has 3 aromatic rings. The minimum Gasteiger partial charge on any atom is -0.306 e. The van der Waals surface area contributed by atoms with Crippen molar-refractivity contribution in [2.24, 2.45) is 0 Å². The Hall–Kier alpha value is -2.20. The lowest BCUT2D eigenvalue weighted by Crippen LogP contribution is -2.21. The van der Waals surface area contributed by atoms with Crippen molar-refractivity contribution in [2.75, 3.05) is 6.54 Å². The minimum atomic E-state index is 0.167. The molecule has 1 aromatic carbocycles. The Labute approximate surface area is 124 Å². The summed E-state index contributed by atoms with van der Waals surface area (Å²) in [7, 11) is 0. The molecule has 1 unspecified atom stereocenters. The van der Waals surface area contributed by atoms with Crippen molar-refractivity contribution in [3.05, 3.63) is 60.0 Å². The molecule has 4 nitrogen and oxygen atoms in total. The van der Waals surface area contributed by atoms with Crippen molar-refractivity contribution in [2.45, 2.75) is 26.4 Å². The molecule has 1 atom stereocenters. The van der Waals surface area contributed by atoms with Gasteiger partial charge >= 0.3 is 0 Å². The molecule has 0 bridgehead atoms. The average molecular weight is 280 g/mol. The van der Waals surface area contributed by atoms with Gasteiger partial charge < -0.3 is 5.32 Å². The summed E-state index contributed by atoms with van der Waals surface area (Å²) in [5, 5.41) is 9.10. The summed E-state index contributed by atoms with van der Waals surface area (Å²) in [5.41, 5.74) is 3.47. The van der Waals surface area contributed by atoms with Gasteiger partial charge in [-0.25, -0.2) is 0 Å². The fourth-order valence-electron chi connectivity index (χ4n) is 2.61. The number of fused-ring (bicyclic) bond motifs is 1. The van der Waals surface area contributed by atoms with E-state index in [4.69, 9.17) is 0 Å². The van der Waals surface area contributed by atoms with Crippen LogP contribution in [0.25, 0.3) is 10.9 Å². The summed E-state index contributed by atoms with van der Waals surface area (Å²) in [4.78, 5) is 4.38. The van der Waals surface area contributed by atoms with E-state index in [0.717, 1.165) is 18.6 Å². The van der Waals surface area contributed by atoms with Crippen LogP contribution in [0.2, 0.25) is 0 Å². The summed E-state index contributed by atoms with van der Waals surface area (Å²) in [6, 6.07) is 10.7. The molecule has 108 valence electrons. The highest BCUT2D eigenvalue weighted by atomic mass is 15.3. The van der Waals surface area contributed by atoms with Gasteiger partial charge in [0.1, 0.15) is 0 Å². The van der Waals surface area contributed by atoms with Crippen molar-refractivity contribution in [1.82, 2.24) is 20.1 Å². The zero-order valence-electron chi connectivity index (χ0n) is 12.5. The van der Waals surface area contributed by atoms with Crippen LogP contribution in [0, 0.1) is 0 Å². The lowest BCUT2D eigenvalue weighted by Gasteiger charge is -2.17. The third-order valence-electron chi connectivity index (χ3n) is 3.68. The van der Waals surface area contributed by atoms with Crippen LogP contribution in [0.3, 0.4) is 0 Å². The topological polar surface area (TPSA) is 42.7 Å². The van der Waals surface area contributed by atoms with Gasteiger partial charge in [0, 0.05) is 29.9 Å². The molecule has 0 radical (unpaired) electrons. The van der Waals surface area contributed by atoms with Crippen molar-refractivity contribution in [1.29, 1.82) is 0 Å². The predicted octanol–water partition coefficient (Wildman–Crippen LogP) is 3.15. The number of aryl methyl sites for hydroxylation is 1. The molecule has 0 aliphatic heterocycles. The first-order chi connectivity index (χ1) is 10.3. The maximum absolute atomic E-state index is 4.39. The quantitative estimate of drug-likeness (QED) is 0.780. The van der Waals surface area contributed by atoms with Crippen LogP contribution in [0.4, 0.5) is 0 Å². The molecule has 1 N–H and O–H groups in total. The number of aromatic nitrogens is 3. The van der Waals surface area contributed by atoms with E-state index in [2.05, 4.69) is 59.7 Å². The second kappa shape index (κ2) is 6.06. The Kier molecular flexibility index (Phi) is 3.97. The smallest absolute Gasteiger partial charge is 0.0702 e.